The maximum atomic E-state index is 11.6. The predicted molar refractivity (Wildman–Crippen MR) is 71.0 cm³/mol. The summed E-state index contributed by atoms with van der Waals surface area (Å²) < 4.78 is 9.92. The number of nitro groups is 1. The zero-order chi connectivity index (χ0) is 15.4. The summed E-state index contributed by atoms with van der Waals surface area (Å²) in [5, 5.41) is 16.9. The normalized spacial score (nSPS) is 10.2. The number of nitrogens with one attached hydrogen (secondary N) is 1. The molecule has 0 saturated carbocycles. The average Bonchev–Trinajstić information content (AvgIpc) is 2.82. The van der Waals surface area contributed by atoms with E-state index in [0.717, 1.165) is 0 Å². The Balaban J connectivity index is 1.99. The van der Waals surface area contributed by atoms with E-state index in [1.165, 1.54) is 12.1 Å². The van der Waals surface area contributed by atoms with Gasteiger partial charge in [-0.25, -0.2) is 0 Å². The van der Waals surface area contributed by atoms with E-state index in [4.69, 9.17) is 9.26 Å². The summed E-state index contributed by atoms with van der Waals surface area (Å²) in [5.74, 6) is -0.855. The van der Waals surface area contributed by atoms with Gasteiger partial charge in [-0.2, -0.15) is 0 Å². The molecule has 2 heterocycles. The topological polar surface area (TPSA) is 120 Å². The molecule has 0 spiro atoms. The monoisotopic (exact) mass is 292 g/mol. The van der Waals surface area contributed by atoms with Crippen LogP contribution < -0.4 is 10.1 Å². The largest absolute Gasteiger partial charge is 0.476 e. The first kappa shape index (κ1) is 14.4. The summed E-state index contributed by atoms with van der Waals surface area (Å²) in [6.45, 7) is 2.91. The summed E-state index contributed by atoms with van der Waals surface area (Å²) in [6.07, 6.45) is 0. The fraction of sp³-hybridized carbons (Fsp3) is 0.250. The Morgan fingerprint density at radius 2 is 2.19 bits per heavy atom. The van der Waals surface area contributed by atoms with E-state index < -0.39 is 23.3 Å². The summed E-state index contributed by atoms with van der Waals surface area (Å²) in [4.78, 5) is 25.6. The van der Waals surface area contributed by atoms with Crippen molar-refractivity contribution >= 4 is 17.6 Å². The lowest BCUT2D eigenvalue weighted by atomic mass is 10.3. The van der Waals surface area contributed by atoms with Crippen LogP contribution in [-0.4, -0.2) is 27.6 Å². The molecule has 0 aliphatic rings. The first-order valence-electron chi connectivity index (χ1n) is 5.93. The Morgan fingerprint density at radius 1 is 1.43 bits per heavy atom. The maximum Gasteiger partial charge on any atom is 0.406 e. The van der Waals surface area contributed by atoms with Crippen molar-refractivity contribution in [3.8, 4) is 5.75 Å². The number of ether oxygens (including phenoxy) is 1. The molecule has 1 amide bonds. The zero-order valence-corrected chi connectivity index (χ0v) is 11.3. The van der Waals surface area contributed by atoms with Crippen molar-refractivity contribution < 1.29 is 19.0 Å². The molecule has 2 rings (SSSR count). The lowest BCUT2D eigenvalue weighted by molar-refractivity contribution is -0.390. The van der Waals surface area contributed by atoms with Gasteiger partial charge in [0.25, 0.3) is 5.91 Å². The van der Waals surface area contributed by atoms with Gasteiger partial charge < -0.3 is 19.4 Å². The molecule has 0 atom stereocenters. The lowest BCUT2D eigenvalue weighted by Crippen LogP contribution is -2.20. The van der Waals surface area contributed by atoms with E-state index in [2.05, 4.69) is 15.5 Å². The first-order valence-corrected chi connectivity index (χ1v) is 5.93. The van der Waals surface area contributed by atoms with Crippen molar-refractivity contribution in [1.82, 2.24) is 10.1 Å². The van der Waals surface area contributed by atoms with E-state index in [9.17, 15) is 14.9 Å². The standard InChI is InChI=1S/C12H12N4O5/c1-7-3-4-9(12(13-7)16(18)19)20-6-10(17)14-11-5-8(2)15-21-11/h3-5H,6H2,1-2H3,(H,14,17). The van der Waals surface area contributed by atoms with Crippen LogP contribution in [-0.2, 0) is 4.79 Å². The predicted octanol–water partition coefficient (Wildman–Crippen LogP) is 1.61. The van der Waals surface area contributed by atoms with Crippen LogP contribution in [0, 0.1) is 24.0 Å². The average molecular weight is 292 g/mol. The fourth-order valence-corrected chi connectivity index (χ4v) is 1.51. The van der Waals surface area contributed by atoms with Gasteiger partial charge in [0, 0.05) is 13.0 Å². The van der Waals surface area contributed by atoms with Crippen molar-refractivity contribution in [2.24, 2.45) is 0 Å². The quantitative estimate of drug-likeness (QED) is 0.656. The Hall–Kier alpha value is -2.97. The van der Waals surface area contributed by atoms with Crippen LogP contribution in [0.15, 0.2) is 22.7 Å². The van der Waals surface area contributed by atoms with Gasteiger partial charge in [0.15, 0.2) is 6.61 Å². The van der Waals surface area contributed by atoms with E-state index in [-0.39, 0.29) is 11.6 Å². The Morgan fingerprint density at radius 3 is 2.81 bits per heavy atom. The Kier molecular flexibility index (Phi) is 4.12. The van der Waals surface area contributed by atoms with Gasteiger partial charge in [0.2, 0.25) is 11.6 Å². The Labute approximate surface area is 119 Å². The molecular formula is C12H12N4O5. The number of pyridine rings is 1. The third-order valence-electron chi connectivity index (χ3n) is 2.40. The molecule has 1 N–H and O–H groups in total. The van der Waals surface area contributed by atoms with Gasteiger partial charge in [-0.1, -0.05) is 5.16 Å². The van der Waals surface area contributed by atoms with Gasteiger partial charge >= 0.3 is 5.82 Å². The molecule has 2 aromatic rings. The van der Waals surface area contributed by atoms with Crippen LogP contribution >= 0.6 is 0 Å². The third kappa shape index (κ3) is 3.75. The number of carbonyl (C=O) groups is 1. The molecule has 0 unspecified atom stereocenters. The van der Waals surface area contributed by atoms with Crippen LogP contribution in [0.3, 0.4) is 0 Å². The highest BCUT2D eigenvalue weighted by Crippen LogP contribution is 2.24. The molecule has 0 radical (unpaired) electrons. The maximum absolute atomic E-state index is 11.6. The zero-order valence-electron chi connectivity index (χ0n) is 11.3. The summed E-state index contributed by atoms with van der Waals surface area (Å²) in [7, 11) is 0. The minimum atomic E-state index is -0.667. The number of amides is 1. The van der Waals surface area contributed by atoms with Crippen LogP contribution in [0.1, 0.15) is 11.4 Å². The van der Waals surface area contributed by atoms with E-state index in [1.807, 2.05) is 0 Å². The smallest absolute Gasteiger partial charge is 0.406 e. The molecule has 0 fully saturated rings. The number of carbonyl (C=O) groups excluding carboxylic acids is 1. The lowest BCUT2D eigenvalue weighted by Gasteiger charge is -2.05. The summed E-state index contributed by atoms with van der Waals surface area (Å²) in [6, 6.07) is 4.49. The molecule has 9 nitrogen and oxygen atoms in total. The molecule has 110 valence electrons. The molecule has 2 aromatic heterocycles. The van der Waals surface area contributed by atoms with Crippen molar-refractivity contribution in [2.75, 3.05) is 11.9 Å². The molecule has 0 aliphatic heterocycles. The second-order valence-corrected chi connectivity index (χ2v) is 4.20. The number of hydrogen-bond acceptors (Lipinski definition) is 7. The van der Waals surface area contributed by atoms with E-state index in [1.54, 1.807) is 19.9 Å². The van der Waals surface area contributed by atoms with E-state index in [0.29, 0.717) is 11.4 Å². The van der Waals surface area contributed by atoms with Crippen LogP contribution in [0.2, 0.25) is 0 Å². The minimum absolute atomic E-state index is 0.0745. The molecule has 0 aliphatic carbocycles. The second kappa shape index (κ2) is 5.99. The van der Waals surface area contributed by atoms with E-state index >= 15 is 0 Å². The van der Waals surface area contributed by atoms with Gasteiger partial charge in [0.05, 0.1) is 5.69 Å². The first-order chi connectivity index (χ1) is 9.95. The van der Waals surface area contributed by atoms with Gasteiger partial charge in [-0.3, -0.25) is 10.1 Å². The number of aromatic nitrogens is 2. The molecule has 0 aromatic carbocycles. The third-order valence-corrected chi connectivity index (χ3v) is 2.40. The van der Waals surface area contributed by atoms with Gasteiger partial charge in [-0.05, 0) is 29.0 Å². The van der Waals surface area contributed by atoms with Crippen molar-refractivity contribution in [2.45, 2.75) is 13.8 Å². The number of aryl methyl sites for hydroxylation is 2. The number of nitrogens with zero attached hydrogens (tertiary/aromatic N) is 3. The van der Waals surface area contributed by atoms with Crippen molar-refractivity contribution in [3.05, 3.63) is 39.7 Å². The SMILES string of the molecule is Cc1cc(NC(=O)COc2ccc(C)nc2[N+](=O)[O-])on1. The van der Waals surface area contributed by atoms with Gasteiger partial charge in [-0.15, -0.1) is 0 Å². The molecule has 21 heavy (non-hydrogen) atoms. The van der Waals surface area contributed by atoms with Crippen LogP contribution in [0.4, 0.5) is 11.7 Å². The number of hydrogen-bond donors (Lipinski definition) is 1. The highest BCUT2D eigenvalue weighted by Gasteiger charge is 2.18. The van der Waals surface area contributed by atoms with Crippen LogP contribution in [0.5, 0.6) is 5.75 Å². The number of anilines is 1. The molecule has 9 heteroatoms. The number of rotatable bonds is 5. The van der Waals surface area contributed by atoms with Crippen molar-refractivity contribution in [3.63, 3.8) is 0 Å². The molecular weight excluding hydrogens is 280 g/mol. The second-order valence-electron chi connectivity index (χ2n) is 4.20. The van der Waals surface area contributed by atoms with Crippen molar-refractivity contribution in [1.29, 1.82) is 0 Å². The molecule has 0 bridgehead atoms. The van der Waals surface area contributed by atoms with Crippen LogP contribution in [0.25, 0.3) is 0 Å². The molecule has 0 saturated heterocycles. The highest BCUT2D eigenvalue weighted by molar-refractivity contribution is 5.90. The highest BCUT2D eigenvalue weighted by atomic mass is 16.6. The van der Waals surface area contributed by atoms with Gasteiger partial charge in [0.1, 0.15) is 5.69 Å². The Bertz CT molecular complexity index is 682. The fourth-order valence-electron chi connectivity index (χ4n) is 1.51. The summed E-state index contributed by atoms with van der Waals surface area (Å²) in [5.41, 5.74) is 1.10. The minimum Gasteiger partial charge on any atom is -0.476 e. The summed E-state index contributed by atoms with van der Waals surface area (Å²) >= 11 is 0.